The van der Waals surface area contributed by atoms with Crippen LogP contribution < -0.4 is 5.73 Å². The first-order chi connectivity index (χ1) is 14.4. The zero-order valence-corrected chi connectivity index (χ0v) is 15.7. The number of primary amides is 1. The van der Waals surface area contributed by atoms with Crippen molar-refractivity contribution < 1.29 is 19.8 Å². The van der Waals surface area contributed by atoms with Gasteiger partial charge < -0.3 is 20.9 Å². The number of carboxylic acids is 1. The molecule has 0 aliphatic rings. The smallest absolute Gasteiger partial charge is 0.335 e. The van der Waals surface area contributed by atoms with Crippen LogP contribution in [0.2, 0.25) is 0 Å². The summed E-state index contributed by atoms with van der Waals surface area (Å²) in [5, 5.41) is 20.5. The van der Waals surface area contributed by atoms with E-state index in [9.17, 15) is 19.8 Å². The molecule has 30 heavy (non-hydrogen) atoms. The number of rotatable bonds is 5. The van der Waals surface area contributed by atoms with Crippen molar-refractivity contribution in [1.29, 1.82) is 0 Å². The molecule has 5 N–H and O–H groups in total. The van der Waals surface area contributed by atoms with E-state index in [0.717, 1.165) is 5.56 Å². The molecule has 0 fully saturated rings. The molecule has 0 saturated carbocycles. The van der Waals surface area contributed by atoms with E-state index in [-0.39, 0.29) is 11.4 Å². The number of aromatic amines is 1. The molecule has 0 unspecified atom stereocenters. The summed E-state index contributed by atoms with van der Waals surface area (Å²) in [4.78, 5) is 30.1. The highest BCUT2D eigenvalue weighted by atomic mass is 16.4. The maximum absolute atomic E-state index is 11.3. The van der Waals surface area contributed by atoms with E-state index in [1.165, 1.54) is 12.1 Å². The predicted molar refractivity (Wildman–Crippen MR) is 114 cm³/mol. The summed E-state index contributed by atoms with van der Waals surface area (Å²) in [6.07, 6.45) is 0. The highest BCUT2D eigenvalue weighted by Gasteiger charge is 2.19. The van der Waals surface area contributed by atoms with Crippen molar-refractivity contribution in [1.82, 2.24) is 4.98 Å². The number of carboxylic acid groups (broad SMARTS) is 1. The monoisotopic (exact) mass is 399 g/mol. The molecule has 1 heterocycles. The van der Waals surface area contributed by atoms with Gasteiger partial charge >= 0.3 is 5.97 Å². The first-order valence-electron chi connectivity index (χ1n) is 9.06. The molecule has 4 aromatic rings. The number of aliphatic imine (C=N–C) groups is 1. The molecule has 7 heteroatoms. The van der Waals surface area contributed by atoms with Gasteiger partial charge in [0, 0.05) is 22.0 Å². The van der Waals surface area contributed by atoms with Crippen LogP contribution in [-0.4, -0.2) is 32.8 Å². The van der Waals surface area contributed by atoms with Crippen molar-refractivity contribution in [2.45, 2.75) is 0 Å². The zero-order chi connectivity index (χ0) is 21.3. The van der Waals surface area contributed by atoms with Gasteiger partial charge in [-0.05, 0) is 36.4 Å². The van der Waals surface area contributed by atoms with Gasteiger partial charge in [0.05, 0.1) is 22.5 Å². The number of carbonyl (C=O) groups is 2. The number of benzene rings is 3. The Labute approximate surface area is 171 Å². The molecular weight excluding hydrogens is 382 g/mol. The lowest BCUT2D eigenvalue weighted by Crippen LogP contribution is -2.10. The summed E-state index contributed by atoms with van der Waals surface area (Å²) in [6, 6.07) is 20.4. The highest BCUT2D eigenvalue weighted by Crippen LogP contribution is 2.32. The van der Waals surface area contributed by atoms with Crippen molar-refractivity contribution in [3.05, 3.63) is 95.1 Å². The summed E-state index contributed by atoms with van der Waals surface area (Å²) in [7, 11) is 0. The minimum atomic E-state index is -1.06. The minimum absolute atomic E-state index is 0.107. The molecule has 0 aliphatic heterocycles. The summed E-state index contributed by atoms with van der Waals surface area (Å²) in [5.41, 5.74) is 8.52. The Hall–Kier alpha value is -4.39. The number of hydrogen-bond acceptors (Lipinski definition) is 4. The number of hydrogen-bond donors (Lipinski definition) is 4. The van der Waals surface area contributed by atoms with Gasteiger partial charge in [-0.25, -0.2) is 9.79 Å². The largest absolute Gasteiger partial charge is 0.494 e. The molecule has 0 aliphatic carbocycles. The number of H-pyrrole nitrogens is 1. The van der Waals surface area contributed by atoms with Gasteiger partial charge in [0.15, 0.2) is 5.88 Å². The van der Waals surface area contributed by atoms with Crippen molar-refractivity contribution in [2.75, 3.05) is 0 Å². The Bertz CT molecular complexity index is 1290. The van der Waals surface area contributed by atoms with E-state index in [1.54, 1.807) is 30.3 Å². The molecule has 148 valence electrons. The number of nitrogens with one attached hydrogen (secondary N) is 1. The quantitative estimate of drug-likeness (QED) is 0.380. The molecule has 0 radical (unpaired) electrons. The fourth-order valence-corrected chi connectivity index (χ4v) is 3.25. The molecule has 0 spiro atoms. The van der Waals surface area contributed by atoms with E-state index in [1.807, 2.05) is 30.3 Å². The molecule has 0 atom stereocenters. The van der Waals surface area contributed by atoms with Crippen molar-refractivity contribution >= 4 is 34.2 Å². The van der Waals surface area contributed by atoms with Gasteiger partial charge in [-0.3, -0.25) is 4.79 Å². The number of aromatic carboxylic acids is 1. The van der Waals surface area contributed by atoms with E-state index in [2.05, 4.69) is 4.98 Å². The second-order valence-corrected chi connectivity index (χ2v) is 6.65. The Morgan fingerprint density at radius 1 is 0.867 bits per heavy atom. The van der Waals surface area contributed by atoms with Crippen molar-refractivity contribution in [3.63, 3.8) is 0 Å². The van der Waals surface area contributed by atoms with Gasteiger partial charge in [0.25, 0.3) is 0 Å². The Morgan fingerprint density at radius 2 is 1.53 bits per heavy atom. The van der Waals surface area contributed by atoms with Gasteiger partial charge in [0.1, 0.15) is 0 Å². The predicted octanol–water partition coefficient (Wildman–Crippen LogP) is 3.84. The summed E-state index contributed by atoms with van der Waals surface area (Å²) < 4.78 is 0. The maximum atomic E-state index is 11.3. The third kappa shape index (κ3) is 3.51. The van der Waals surface area contributed by atoms with Gasteiger partial charge in [0.2, 0.25) is 5.91 Å². The number of aromatic hydroxyl groups is 1. The molecule has 7 nitrogen and oxygen atoms in total. The Morgan fingerprint density at radius 3 is 2.17 bits per heavy atom. The molecule has 1 amide bonds. The lowest BCUT2D eigenvalue weighted by Gasteiger charge is -2.08. The standard InChI is InChI=1S/C23H17N3O4/c24-21(27)14-6-9-16(10-7-14)25-20(13-4-2-1-3-5-13)19-17-11-8-15(23(29)30)12-18(17)26-22(19)28/h1-12,26,28H,(H2,24,27)(H,29,30). The van der Waals surface area contributed by atoms with Gasteiger partial charge in [-0.1, -0.05) is 36.4 Å². The van der Waals surface area contributed by atoms with Crippen LogP contribution in [0, 0.1) is 0 Å². The first-order valence-corrected chi connectivity index (χ1v) is 9.06. The third-order valence-corrected chi connectivity index (χ3v) is 4.70. The summed E-state index contributed by atoms with van der Waals surface area (Å²) in [6.45, 7) is 0. The summed E-state index contributed by atoms with van der Waals surface area (Å²) >= 11 is 0. The van der Waals surface area contributed by atoms with Crippen LogP contribution in [0.4, 0.5) is 5.69 Å². The maximum Gasteiger partial charge on any atom is 0.335 e. The fraction of sp³-hybridized carbons (Fsp3) is 0. The average Bonchev–Trinajstić information content (AvgIpc) is 3.07. The van der Waals surface area contributed by atoms with Crippen LogP contribution in [0.5, 0.6) is 5.88 Å². The second kappa shape index (κ2) is 7.56. The number of aromatic nitrogens is 1. The van der Waals surface area contributed by atoms with Gasteiger partial charge in [-0.2, -0.15) is 0 Å². The van der Waals surface area contributed by atoms with Gasteiger partial charge in [-0.15, -0.1) is 0 Å². The van der Waals surface area contributed by atoms with Crippen LogP contribution in [0.1, 0.15) is 31.8 Å². The van der Waals surface area contributed by atoms with Crippen LogP contribution in [0.3, 0.4) is 0 Å². The average molecular weight is 399 g/mol. The number of nitrogens with two attached hydrogens (primary N) is 1. The van der Waals surface area contributed by atoms with Crippen LogP contribution in [-0.2, 0) is 0 Å². The second-order valence-electron chi connectivity index (χ2n) is 6.65. The van der Waals surface area contributed by atoms with Crippen molar-refractivity contribution in [3.8, 4) is 5.88 Å². The number of fused-ring (bicyclic) bond motifs is 1. The lowest BCUT2D eigenvalue weighted by molar-refractivity contribution is 0.0696. The molecule has 3 aromatic carbocycles. The molecule has 1 aromatic heterocycles. The number of amides is 1. The zero-order valence-electron chi connectivity index (χ0n) is 15.7. The van der Waals surface area contributed by atoms with Crippen molar-refractivity contribution in [2.24, 2.45) is 10.7 Å². The van der Waals surface area contributed by atoms with E-state index >= 15 is 0 Å². The van der Waals surface area contributed by atoms with E-state index < -0.39 is 11.9 Å². The number of carbonyl (C=O) groups excluding carboxylic acids is 1. The normalized spacial score (nSPS) is 11.5. The lowest BCUT2D eigenvalue weighted by atomic mass is 10.00. The topological polar surface area (TPSA) is 129 Å². The third-order valence-electron chi connectivity index (χ3n) is 4.70. The van der Waals surface area contributed by atoms with E-state index in [0.29, 0.717) is 33.4 Å². The van der Waals surface area contributed by atoms with Crippen LogP contribution in [0.25, 0.3) is 10.9 Å². The SMILES string of the molecule is NC(=O)c1ccc(N=C(c2ccccc2)c2c(O)[nH]c3cc(C(=O)O)ccc23)cc1. The molecule has 4 rings (SSSR count). The van der Waals surface area contributed by atoms with E-state index in [4.69, 9.17) is 10.7 Å². The highest BCUT2D eigenvalue weighted by molar-refractivity contribution is 6.22. The minimum Gasteiger partial charge on any atom is -0.494 e. The molecular formula is C23H17N3O4. The van der Waals surface area contributed by atoms with Crippen LogP contribution in [0.15, 0.2) is 77.8 Å². The molecule has 0 bridgehead atoms. The fourth-order valence-electron chi connectivity index (χ4n) is 3.25. The van der Waals surface area contributed by atoms with Crippen LogP contribution >= 0.6 is 0 Å². The summed E-state index contributed by atoms with van der Waals surface area (Å²) in [5.74, 6) is -1.71. The Kier molecular flexibility index (Phi) is 4.77. The first kappa shape index (κ1) is 18.9. The number of nitrogens with zero attached hydrogens (tertiary/aromatic N) is 1. The Balaban J connectivity index is 1.92. The molecule has 0 saturated heterocycles.